The topological polar surface area (TPSA) is 80.0 Å². The van der Waals surface area contributed by atoms with Crippen LogP contribution >= 0.6 is 11.6 Å². The largest absolute Gasteiger partial charge is 0.478 e. The molecule has 7 heteroatoms. The van der Waals surface area contributed by atoms with Crippen LogP contribution in [0.5, 0.6) is 0 Å². The minimum absolute atomic E-state index is 0.0618. The Hall–Kier alpha value is -2.08. The van der Waals surface area contributed by atoms with Crippen LogP contribution in [0.25, 0.3) is 0 Å². The molecule has 1 aromatic heterocycles. The van der Waals surface area contributed by atoms with Crippen molar-refractivity contribution < 1.29 is 9.90 Å². The Bertz CT molecular complexity index is 597. The molecule has 0 fully saturated rings. The van der Waals surface area contributed by atoms with Gasteiger partial charge >= 0.3 is 5.97 Å². The van der Waals surface area contributed by atoms with Crippen molar-refractivity contribution in [2.75, 3.05) is 5.32 Å². The molecule has 1 aromatic carbocycles. The van der Waals surface area contributed by atoms with Gasteiger partial charge in [-0.1, -0.05) is 17.7 Å². The van der Waals surface area contributed by atoms with Gasteiger partial charge in [-0.15, -0.1) is 10.2 Å². The van der Waals surface area contributed by atoms with Crippen molar-refractivity contribution in [3.05, 3.63) is 40.9 Å². The van der Waals surface area contributed by atoms with Crippen LogP contribution in [0.15, 0.2) is 24.5 Å². The smallest absolute Gasteiger partial charge is 0.339 e. The molecule has 2 N–H and O–H groups in total. The van der Waals surface area contributed by atoms with E-state index in [0.717, 1.165) is 12.4 Å². The number of rotatable bonds is 5. The molecule has 0 bridgehead atoms. The fourth-order valence-corrected chi connectivity index (χ4v) is 2.00. The van der Waals surface area contributed by atoms with E-state index in [1.165, 1.54) is 0 Å². The van der Waals surface area contributed by atoms with Gasteiger partial charge < -0.3 is 15.0 Å². The first-order valence-electron chi connectivity index (χ1n) is 5.75. The molecule has 0 aliphatic heterocycles. The number of nitrogens with zero attached hydrogens (tertiary/aromatic N) is 3. The monoisotopic (exact) mass is 280 g/mol. The number of aromatic nitrogens is 3. The van der Waals surface area contributed by atoms with E-state index >= 15 is 0 Å². The van der Waals surface area contributed by atoms with Gasteiger partial charge in [-0.3, -0.25) is 0 Å². The Balaban J connectivity index is 2.20. The summed E-state index contributed by atoms with van der Waals surface area (Å²) in [5, 5.41) is 20.2. The third-order valence-corrected chi connectivity index (χ3v) is 3.02. The number of anilines is 1. The van der Waals surface area contributed by atoms with Crippen LogP contribution in [-0.4, -0.2) is 25.8 Å². The average Bonchev–Trinajstić information content (AvgIpc) is 2.83. The third kappa shape index (κ3) is 2.85. The zero-order chi connectivity index (χ0) is 13.8. The van der Waals surface area contributed by atoms with Gasteiger partial charge in [-0.25, -0.2) is 4.79 Å². The predicted molar refractivity (Wildman–Crippen MR) is 71.4 cm³/mol. The predicted octanol–water partition coefficient (Wildman–Crippen LogP) is 2.26. The number of aryl methyl sites for hydroxylation is 1. The lowest BCUT2D eigenvalue weighted by molar-refractivity contribution is 0.0698. The molecule has 100 valence electrons. The van der Waals surface area contributed by atoms with E-state index in [-0.39, 0.29) is 10.6 Å². The van der Waals surface area contributed by atoms with Crippen molar-refractivity contribution in [1.82, 2.24) is 14.8 Å². The van der Waals surface area contributed by atoms with E-state index < -0.39 is 5.97 Å². The van der Waals surface area contributed by atoms with Gasteiger partial charge in [-0.05, 0) is 19.1 Å². The molecule has 0 unspecified atom stereocenters. The van der Waals surface area contributed by atoms with Crippen molar-refractivity contribution >= 4 is 23.3 Å². The second-order valence-electron chi connectivity index (χ2n) is 3.85. The number of carboxylic acid groups (broad SMARTS) is 1. The van der Waals surface area contributed by atoms with Crippen LogP contribution in [-0.2, 0) is 13.1 Å². The van der Waals surface area contributed by atoms with Crippen LogP contribution in [0.4, 0.5) is 5.69 Å². The molecule has 0 saturated heterocycles. The van der Waals surface area contributed by atoms with Crippen molar-refractivity contribution in [1.29, 1.82) is 0 Å². The highest BCUT2D eigenvalue weighted by Crippen LogP contribution is 2.24. The summed E-state index contributed by atoms with van der Waals surface area (Å²) in [6.45, 7) is 3.12. The van der Waals surface area contributed by atoms with E-state index in [4.69, 9.17) is 16.7 Å². The summed E-state index contributed by atoms with van der Waals surface area (Å²) in [5.74, 6) is -0.330. The van der Waals surface area contributed by atoms with Gasteiger partial charge in [-0.2, -0.15) is 0 Å². The fraction of sp³-hybridized carbons (Fsp3) is 0.250. The van der Waals surface area contributed by atoms with Crippen molar-refractivity contribution in [3.63, 3.8) is 0 Å². The highest BCUT2D eigenvalue weighted by Gasteiger charge is 2.14. The molecule has 6 nitrogen and oxygen atoms in total. The van der Waals surface area contributed by atoms with Gasteiger partial charge in [0, 0.05) is 6.54 Å². The number of carbonyl (C=O) groups is 1. The number of halogens is 1. The van der Waals surface area contributed by atoms with Crippen LogP contribution in [0.3, 0.4) is 0 Å². The maximum atomic E-state index is 11.2. The first-order chi connectivity index (χ1) is 9.13. The molecule has 19 heavy (non-hydrogen) atoms. The van der Waals surface area contributed by atoms with E-state index in [2.05, 4.69) is 15.5 Å². The Morgan fingerprint density at radius 2 is 2.32 bits per heavy atom. The quantitative estimate of drug-likeness (QED) is 0.878. The molecule has 0 aliphatic rings. The van der Waals surface area contributed by atoms with Crippen LogP contribution in [0, 0.1) is 0 Å². The Kier molecular flexibility index (Phi) is 4.01. The lowest BCUT2D eigenvalue weighted by Crippen LogP contribution is -2.10. The summed E-state index contributed by atoms with van der Waals surface area (Å²) in [7, 11) is 0. The van der Waals surface area contributed by atoms with E-state index in [9.17, 15) is 4.79 Å². The van der Waals surface area contributed by atoms with E-state index in [1.807, 2.05) is 11.5 Å². The molecular weight excluding hydrogens is 268 g/mol. The second kappa shape index (κ2) is 5.71. The minimum atomic E-state index is -1.06. The number of aromatic carboxylic acids is 1. The maximum absolute atomic E-state index is 11.2. The SMILES string of the molecule is CCn1cnnc1CNc1cccc(Cl)c1C(=O)O. The summed E-state index contributed by atoms with van der Waals surface area (Å²) < 4.78 is 1.87. The molecule has 2 aromatic rings. The highest BCUT2D eigenvalue weighted by molar-refractivity contribution is 6.34. The van der Waals surface area contributed by atoms with Gasteiger partial charge in [0.25, 0.3) is 0 Å². The molecule has 0 amide bonds. The zero-order valence-electron chi connectivity index (χ0n) is 10.3. The molecule has 0 atom stereocenters. The molecule has 2 rings (SSSR count). The first-order valence-corrected chi connectivity index (χ1v) is 6.13. The van der Waals surface area contributed by atoms with Crippen LogP contribution in [0.1, 0.15) is 23.1 Å². The van der Waals surface area contributed by atoms with E-state index in [1.54, 1.807) is 24.5 Å². The normalized spacial score (nSPS) is 10.4. The fourth-order valence-electron chi connectivity index (χ4n) is 1.74. The van der Waals surface area contributed by atoms with Crippen molar-refractivity contribution in [2.45, 2.75) is 20.0 Å². The van der Waals surface area contributed by atoms with Gasteiger partial charge in [0.05, 0.1) is 17.3 Å². The van der Waals surface area contributed by atoms with Crippen molar-refractivity contribution in [3.8, 4) is 0 Å². The lowest BCUT2D eigenvalue weighted by atomic mass is 10.2. The third-order valence-electron chi connectivity index (χ3n) is 2.70. The summed E-state index contributed by atoms with van der Waals surface area (Å²) in [5.41, 5.74) is 0.525. The molecule has 0 saturated carbocycles. The Morgan fingerprint density at radius 1 is 1.53 bits per heavy atom. The molecule has 0 aliphatic carbocycles. The first kappa shape index (κ1) is 13.4. The van der Waals surface area contributed by atoms with Gasteiger partial charge in [0.2, 0.25) is 0 Å². The summed E-state index contributed by atoms with van der Waals surface area (Å²) in [6.07, 6.45) is 1.63. The number of nitrogens with one attached hydrogen (secondary N) is 1. The van der Waals surface area contributed by atoms with Crippen molar-refractivity contribution in [2.24, 2.45) is 0 Å². The van der Waals surface area contributed by atoms with Gasteiger partial charge in [0.1, 0.15) is 11.9 Å². The highest BCUT2D eigenvalue weighted by atomic mass is 35.5. The second-order valence-corrected chi connectivity index (χ2v) is 4.26. The lowest BCUT2D eigenvalue weighted by Gasteiger charge is -2.10. The van der Waals surface area contributed by atoms with E-state index in [0.29, 0.717) is 12.2 Å². The average molecular weight is 281 g/mol. The number of carboxylic acids is 1. The molecule has 0 spiro atoms. The maximum Gasteiger partial charge on any atom is 0.339 e. The minimum Gasteiger partial charge on any atom is -0.478 e. The summed E-state index contributed by atoms with van der Waals surface area (Å²) >= 11 is 5.89. The van der Waals surface area contributed by atoms with Crippen LogP contribution < -0.4 is 5.32 Å². The Morgan fingerprint density at radius 3 is 3.00 bits per heavy atom. The van der Waals surface area contributed by atoms with Crippen LogP contribution in [0.2, 0.25) is 5.02 Å². The number of hydrogen-bond acceptors (Lipinski definition) is 4. The molecule has 1 heterocycles. The Labute approximate surface area is 115 Å². The summed E-state index contributed by atoms with van der Waals surface area (Å²) in [6, 6.07) is 4.91. The summed E-state index contributed by atoms with van der Waals surface area (Å²) in [4.78, 5) is 11.2. The van der Waals surface area contributed by atoms with Gasteiger partial charge in [0.15, 0.2) is 5.82 Å². The standard InChI is InChI=1S/C12H13ClN4O2/c1-2-17-7-15-16-10(17)6-14-9-5-3-4-8(13)11(9)12(18)19/h3-5,7,14H,2,6H2,1H3,(H,18,19). The number of benzene rings is 1. The number of hydrogen-bond donors (Lipinski definition) is 2. The zero-order valence-corrected chi connectivity index (χ0v) is 11.1. The molecule has 0 radical (unpaired) electrons. The molecular formula is C12H13ClN4O2.